The molecule has 0 radical (unpaired) electrons. The molecule has 3 N–H and O–H groups in total. The number of carbonyl (C=O) groups excluding carboxylic acids is 1. The molecule has 5 nitrogen and oxygen atoms in total. The van der Waals surface area contributed by atoms with E-state index in [1.54, 1.807) is 0 Å². The lowest BCUT2D eigenvalue weighted by atomic mass is 9.81. The second-order valence-corrected chi connectivity index (χ2v) is 6.07. The fourth-order valence-corrected chi connectivity index (χ4v) is 3.75. The van der Waals surface area contributed by atoms with Crippen molar-refractivity contribution >= 4 is 11.9 Å². The predicted molar refractivity (Wildman–Crippen MR) is 67.1 cm³/mol. The van der Waals surface area contributed by atoms with Crippen LogP contribution in [0, 0.1) is 29.6 Å². The summed E-state index contributed by atoms with van der Waals surface area (Å²) in [5.74, 6) is -1.54. The Morgan fingerprint density at radius 3 is 2.32 bits per heavy atom. The molecule has 104 valence electrons. The van der Waals surface area contributed by atoms with Crippen molar-refractivity contribution < 1.29 is 19.8 Å². The van der Waals surface area contributed by atoms with Crippen LogP contribution in [0.1, 0.15) is 19.3 Å². The highest BCUT2D eigenvalue weighted by atomic mass is 16.4. The molecule has 3 aliphatic rings. The number of nitrogens with one attached hydrogen (secondary N) is 1. The van der Waals surface area contributed by atoms with Crippen LogP contribution in [0.15, 0.2) is 12.2 Å². The molecule has 0 spiro atoms. The number of allylic oxidation sites excluding steroid dienone is 2. The van der Waals surface area contributed by atoms with Crippen molar-refractivity contribution in [1.29, 1.82) is 0 Å². The zero-order valence-corrected chi connectivity index (χ0v) is 10.7. The summed E-state index contributed by atoms with van der Waals surface area (Å²) >= 11 is 0. The number of aliphatic hydroxyl groups is 1. The van der Waals surface area contributed by atoms with Crippen LogP contribution < -0.4 is 5.32 Å². The van der Waals surface area contributed by atoms with Crippen LogP contribution in [0.25, 0.3) is 0 Å². The van der Waals surface area contributed by atoms with Gasteiger partial charge in [0, 0.05) is 6.54 Å². The number of fused-ring (bicyclic) bond motifs is 2. The van der Waals surface area contributed by atoms with Gasteiger partial charge in [-0.3, -0.25) is 9.59 Å². The first kappa shape index (κ1) is 12.7. The minimum absolute atomic E-state index is 0.0174. The molecule has 0 aliphatic heterocycles. The summed E-state index contributed by atoms with van der Waals surface area (Å²) in [6.07, 6.45) is 5.96. The second kappa shape index (κ2) is 4.63. The lowest BCUT2D eigenvalue weighted by molar-refractivity contribution is -0.147. The maximum absolute atomic E-state index is 12.2. The third-order valence-corrected chi connectivity index (χ3v) is 4.82. The summed E-state index contributed by atoms with van der Waals surface area (Å²) in [5.41, 5.74) is 0. The van der Waals surface area contributed by atoms with Crippen molar-refractivity contribution in [3.63, 3.8) is 0 Å². The van der Waals surface area contributed by atoms with Crippen LogP contribution in [0.3, 0.4) is 0 Å². The average molecular weight is 265 g/mol. The van der Waals surface area contributed by atoms with E-state index >= 15 is 0 Å². The van der Waals surface area contributed by atoms with Crippen LogP contribution >= 0.6 is 0 Å². The van der Waals surface area contributed by atoms with E-state index in [1.807, 2.05) is 12.2 Å². The molecule has 1 amide bonds. The number of carboxylic acid groups (broad SMARTS) is 1. The van der Waals surface area contributed by atoms with Crippen molar-refractivity contribution in [1.82, 2.24) is 5.32 Å². The van der Waals surface area contributed by atoms with E-state index in [1.165, 1.54) is 0 Å². The molecular weight excluding hydrogens is 246 g/mol. The van der Waals surface area contributed by atoms with E-state index in [2.05, 4.69) is 5.32 Å². The van der Waals surface area contributed by atoms with Crippen molar-refractivity contribution in [2.45, 2.75) is 25.4 Å². The van der Waals surface area contributed by atoms with Crippen molar-refractivity contribution in [2.75, 3.05) is 6.54 Å². The number of carboxylic acids is 1. The fourth-order valence-electron chi connectivity index (χ4n) is 3.75. The Morgan fingerprint density at radius 1 is 1.11 bits per heavy atom. The predicted octanol–water partition coefficient (Wildman–Crippen LogP) is 0.396. The first-order chi connectivity index (χ1) is 9.06. The Labute approximate surface area is 111 Å². The molecule has 0 aromatic rings. The minimum Gasteiger partial charge on any atom is -0.481 e. The summed E-state index contributed by atoms with van der Waals surface area (Å²) in [5, 5.41) is 21.3. The number of hydrogen-bond donors (Lipinski definition) is 3. The van der Waals surface area contributed by atoms with Crippen LogP contribution in [-0.2, 0) is 9.59 Å². The standard InChI is InChI=1S/C14H19NO4/c16-10-3-7(4-10)6-15-13(17)11-8-1-2-9(5-8)12(11)14(18)19/h1-2,7-12,16H,3-6H2,(H,15,17)(H,18,19)/t7?,8?,9?,10?,11-,12+/m0/s1. The van der Waals surface area contributed by atoms with Gasteiger partial charge in [0.05, 0.1) is 17.9 Å². The van der Waals surface area contributed by atoms with Gasteiger partial charge in [0.25, 0.3) is 0 Å². The van der Waals surface area contributed by atoms with E-state index < -0.39 is 17.8 Å². The molecule has 2 bridgehead atoms. The summed E-state index contributed by atoms with van der Waals surface area (Å²) < 4.78 is 0. The fraction of sp³-hybridized carbons (Fsp3) is 0.714. The van der Waals surface area contributed by atoms with Gasteiger partial charge in [-0.05, 0) is 37.0 Å². The molecule has 0 heterocycles. The highest BCUT2D eigenvalue weighted by Crippen LogP contribution is 2.48. The molecule has 19 heavy (non-hydrogen) atoms. The largest absolute Gasteiger partial charge is 0.481 e. The zero-order chi connectivity index (χ0) is 13.6. The first-order valence-corrected chi connectivity index (χ1v) is 6.93. The minimum atomic E-state index is -0.865. The van der Waals surface area contributed by atoms with E-state index in [0.29, 0.717) is 12.5 Å². The van der Waals surface area contributed by atoms with Gasteiger partial charge in [0.1, 0.15) is 0 Å². The quantitative estimate of drug-likeness (QED) is 0.642. The van der Waals surface area contributed by atoms with E-state index in [0.717, 1.165) is 19.3 Å². The molecule has 2 saturated carbocycles. The Hall–Kier alpha value is -1.36. The summed E-state index contributed by atoms with van der Waals surface area (Å²) in [6, 6.07) is 0. The van der Waals surface area contributed by atoms with Crippen LogP contribution in [0.5, 0.6) is 0 Å². The SMILES string of the molecule is O=C(O)[C@@H]1C2C=CC(C2)[C@@H]1C(=O)NCC1CC(O)C1. The first-order valence-electron chi connectivity index (χ1n) is 6.93. The zero-order valence-electron chi connectivity index (χ0n) is 10.7. The Kier molecular flexibility index (Phi) is 3.09. The van der Waals surface area contributed by atoms with Gasteiger partial charge in [0.15, 0.2) is 0 Å². The Morgan fingerprint density at radius 2 is 1.74 bits per heavy atom. The number of rotatable bonds is 4. The number of hydrogen-bond acceptors (Lipinski definition) is 3. The molecule has 5 heteroatoms. The smallest absolute Gasteiger partial charge is 0.307 e. The summed E-state index contributed by atoms with van der Waals surface area (Å²) in [7, 11) is 0. The molecule has 3 rings (SSSR count). The van der Waals surface area contributed by atoms with Gasteiger partial charge in [-0.2, -0.15) is 0 Å². The van der Waals surface area contributed by atoms with E-state index in [-0.39, 0.29) is 23.8 Å². The molecule has 0 aromatic carbocycles. The third-order valence-electron chi connectivity index (χ3n) is 4.82. The van der Waals surface area contributed by atoms with Crippen LogP contribution in [0.2, 0.25) is 0 Å². The monoisotopic (exact) mass is 265 g/mol. The highest BCUT2D eigenvalue weighted by molar-refractivity contribution is 5.86. The van der Waals surface area contributed by atoms with E-state index in [4.69, 9.17) is 0 Å². The lowest BCUT2D eigenvalue weighted by Gasteiger charge is -2.32. The summed E-state index contributed by atoms with van der Waals surface area (Å²) in [4.78, 5) is 23.5. The molecule has 0 aromatic heterocycles. The molecule has 3 aliphatic carbocycles. The average Bonchev–Trinajstić information content (AvgIpc) is 2.92. The highest BCUT2D eigenvalue weighted by Gasteiger charge is 2.51. The maximum Gasteiger partial charge on any atom is 0.307 e. The van der Waals surface area contributed by atoms with Crippen LogP contribution in [-0.4, -0.2) is 34.7 Å². The number of aliphatic carboxylic acids is 1. The topological polar surface area (TPSA) is 86.6 Å². The van der Waals surface area contributed by atoms with Gasteiger partial charge in [-0.1, -0.05) is 12.2 Å². The summed E-state index contributed by atoms with van der Waals surface area (Å²) in [6.45, 7) is 0.555. The van der Waals surface area contributed by atoms with Crippen molar-refractivity contribution in [3.8, 4) is 0 Å². The van der Waals surface area contributed by atoms with Gasteiger partial charge in [-0.25, -0.2) is 0 Å². The maximum atomic E-state index is 12.2. The van der Waals surface area contributed by atoms with Gasteiger partial charge >= 0.3 is 5.97 Å². The number of aliphatic hydroxyl groups excluding tert-OH is 1. The van der Waals surface area contributed by atoms with Crippen molar-refractivity contribution in [3.05, 3.63) is 12.2 Å². The van der Waals surface area contributed by atoms with Gasteiger partial charge in [0.2, 0.25) is 5.91 Å². The van der Waals surface area contributed by atoms with Crippen molar-refractivity contribution in [2.24, 2.45) is 29.6 Å². The molecule has 2 fully saturated rings. The molecule has 4 atom stereocenters. The lowest BCUT2D eigenvalue weighted by Crippen LogP contribution is -2.44. The normalized spacial score (nSPS) is 43.0. The van der Waals surface area contributed by atoms with E-state index in [9.17, 15) is 19.8 Å². The molecule has 0 saturated heterocycles. The van der Waals surface area contributed by atoms with Crippen LogP contribution in [0.4, 0.5) is 0 Å². The Bertz CT molecular complexity index is 427. The second-order valence-electron chi connectivity index (χ2n) is 6.07. The molecular formula is C14H19NO4. The third kappa shape index (κ3) is 2.16. The van der Waals surface area contributed by atoms with Gasteiger partial charge in [-0.15, -0.1) is 0 Å². The van der Waals surface area contributed by atoms with Gasteiger partial charge < -0.3 is 15.5 Å². The number of carbonyl (C=O) groups is 2. The Balaban J connectivity index is 1.59. The number of amides is 1. The molecule has 2 unspecified atom stereocenters.